The van der Waals surface area contributed by atoms with Crippen LogP contribution in [0.4, 0.5) is 5.82 Å². The molecule has 23 heavy (non-hydrogen) atoms. The van der Waals surface area contributed by atoms with Crippen LogP contribution in [-0.4, -0.2) is 64.4 Å². The van der Waals surface area contributed by atoms with E-state index in [2.05, 4.69) is 19.5 Å². The summed E-state index contributed by atoms with van der Waals surface area (Å²) in [5.74, 6) is 0.104. The fraction of sp³-hybridized carbons (Fsp3) is 0.500. The van der Waals surface area contributed by atoms with Crippen molar-refractivity contribution >= 4 is 24.8 Å². The molecule has 3 rings (SSSR count). The fourth-order valence-electron chi connectivity index (χ4n) is 2.36. The number of aliphatic hydroxyl groups is 2. The van der Waals surface area contributed by atoms with Gasteiger partial charge in [-0.2, -0.15) is 0 Å². The summed E-state index contributed by atoms with van der Waals surface area (Å²) < 4.78 is 21.8. The normalized spacial score (nSPS) is 28.5. The third-order valence-corrected chi connectivity index (χ3v) is 3.90. The number of ether oxygens (including phenoxy) is 1. The van der Waals surface area contributed by atoms with Crippen LogP contribution < -0.4 is 5.73 Å². The maximum absolute atomic E-state index is 10.7. The van der Waals surface area contributed by atoms with Gasteiger partial charge in [0.1, 0.15) is 36.5 Å². The van der Waals surface area contributed by atoms with Gasteiger partial charge in [-0.3, -0.25) is 9.09 Å². The number of rotatable bonds is 4. The van der Waals surface area contributed by atoms with Crippen LogP contribution in [0.1, 0.15) is 6.23 Å². The molecular formula is C10H14N5O7P. The number of phosphoric ester groups is 1. The minimum atomic E-state index is -4.72. The topological polar surface area (TPSA) is 186 Å². The van der Waals surface area contributed by atoms with E-state index in [0.717, 1.165) is 0 Å². The number of aliphatic hydroxyl groups excluding tert-OH is 2. The van der Waals surface area contributed by atoms with E-state index in [4.69, 9.17) is 20.3 Å². The highest BCUT2D eigenvalue weighted by molar-refractivity contribution is 7.46. The van der Waals surface area contributed by atoms with Gasteiger partial charge in [0.2, 0.25) is 0 Å². The molecule has 0 radical (unpaired) electrons. The van der Waals surface area contributed by atoms with Crippen LogP contribution in [0.15, 0.2) is 12.7 Å². The van der Waals surface area contributed by atoms with Gasteiger partial charge in [-0.05, 0) is 0 Å². The number of hydrogen-bond acceptors (Lipinski definition) is 9. The van der Waals surface area contributed by atoms with Crippen LogP contribution >= 0.6 is 7.82 Å². The van der Waals surface area contributed by atoms with Crippen molar-refractivity contribution in [1.29, 1.82) is 0 Å². The van der Waals surface area contributed by atoms with E-state index in [0.29, 0.717) is 5.52 Å². The number of phosphoric acid groups is 1. The fourth-order valence-corrected chi connectivity index (χ4v) is 2.70. The molecule has 126 valence electrons. The summed E-state index contributed by atoms with van der Waals surface area (Å²) in [4.78, 5) is 29.1. The van der Waals surface area contributed by atoms with Gasteiger partial charge in [0.05, 0.1) is 6.61 Å². The Morgan fingerprint density at radius 2 is 2.04 bits per heavy atom. The van der Waals surface area contributed by atoms with Crippen LogP contribution in [-0.2, 0) is 13.8 Å². The van der Waals surface area contributed by atoms with Crippen LogP contribution in [0.3, 0.4) is 0 Å². The van der Waals surface area contributed by atoms with E-state index in [1.54, 1.807) is 0 Å². The van der Waals surface area contributed by atoms with E-state index < -0.39 is 39.0 Å². The Morgan fingerprint density at radius 1 is 1.30 bits per heavy atom. The minimum absolute atomic E-state index is 0.104. The van der Waals surface area contributed by atoms with Crippen LogP contribution in [0.5, 0.6) is 0 Å². The van der Waals surface area contributed by atoms with Gasteiger partial charge in [0.15, 0.2) is 17.7 Å². The quantitative estimate of drug-likeness (QED) is 0.390. The Hall–Kier alpha value is -1.66. The average Bonchev–Trinajstić information content (AvgIpc) is 3.01. The number of fused-ring (bicyclic) bond motifs is 1. The Bertz CT molecular complexity index is 763. The van der Waals surface area contributed by atoms with Crippen molar-refractivity contribution in [3.05, 3.63) is 12.7 Å². The molecule has 12 nitrogen and oxygen atoms in total. The number of aromatic nitrogens is 4. The molecule has 0 amide bonds. The molecule has 0 aliphatic carbocycles. The Kier molecular flexibility index (Phi) is 4.06. The van der Waals surface area contributed by atoms with Gasteiger partial charge in [-0.15, -0.1) is 0 Å². The first-order valence-corrected chi connectivity index (χ1v) is 7.95. The first-order valence-electron chi connectivity index (χ1n) is 6.42. The first-order chi connectivity index (χ1) is 10.8. The highest BCUT2D eigenvalue weighted by atomic mass is 31.2. The molecule has 1 aliphatic rings. The number of hydrogen-bond donors (Lipinski definition) is 5. The van der Waals surface area contributed by atoms with Crippen LogP contribution in [0.25, 0.3) is 11.2 Å². The van der Waals surface area contributed by atoms with E-state index >= 15 is 0 Å². The van der Waals surface area contributed by atoms with Crippen molar-refractivity contribution in [3.63, 3.8) is 0 Å². The van der Waals surface area contributed by atoms with Crippen LogP contribution in [0, 0.1) is 0 Å². The van der Waals surface area contributed by atoms with E-state index in [1.807, 2.05) is 0 Å². The van der Waals surface area contributed by atoms with Crippen molar-refractivity contribution < 1.29 is 33.8 Å². The zero-order valence-electron chi connectivity index (χ0n) is 11.5. The second-order valence-corrected chi connectivity index (χ2v) is 6.15. The Morgan fingerprint density at radius 3 is 2.74 bits per heavy atom. The molecular weight excluding hydrogens is 333 g/mol. The number of anilines is 1. The zero-order valence-corrected chi connectivity index (χ0v) is 12.4. The molecule has 6 N–H and O–H groups in total. The lowest BCUT2D eigenvalue weighted by Gasteiger charge is -2.17. The molecule has 0 spiro atoms. The Balaban J connectivity index is 1.87. The predicted octanol–water partition coefficient (Wildman–Crippen LogP) is -1.86. The van der Waals surface area contributed by atoms with Gasteiger partial charge in [-0.1, -0.05) is 0 Å². The Labute approximate surface area is 128 Å². The van der Waals surface area contributed by atoms with E-state index in [-0.39, 0.29) is 11.5 Å². The van der Waals surface area contributed by atoms with Crippen molar-refractivity contribution in [3.8, 4) is 0 Å². The predicted molar refractivity (Wildman–Crippen MR) is 73.7 cm³/mol. The number of nitrogens with zero attached hydrogens (tertiary/aromatic N) is 4. The maximum atomic E-state index is 10.7. The van der Waals surface area contributed by atoms with E-state index in [9.17, 15) is 14.8 Å². The molecule has 1 saturated heterocycles. The lowest BCUT2D eigenvalue weighted by atomic mass is 10.1. The average molecular weight is 347 g/mol. The molecule has 1 aliphatic heterocycles. The summed E-state index contributed by atoms with van der Waals surface area (Å²) in [6, 6.07) is 0. The summed E-state index contributed by atoms with van der Waals surface area (Å²) >= 11 is 0. The molecule has 13 heteroatoms. The molecule has 0 saturated carbocycles. The van der Waals surface area contributed by atoms with Gasteiger partial charge >= 0.3 is 7.82 Å². The second kappa shape index (κ2) is 5.76. The summed E-state index contributed by atoms with van der Waals surface area (Å²) in [5.41, 5.74) is 6.34. The summed E-state index contributed by atoms with van der Waals surface area (Å²) in [6.45, 7) is -0.600. The highest BCUT2D eigenvalue weighted by Crippen LogP contribution is 2.39. The third kappa shape index (κ3) is 3.05. The first kappa shape index (κ1) is 16.2. The van der Waals surface area contributed by atoms with Gasteiger partial charge in [-0.25, -0.2) is 19.5 Å². The summed E-state index contributed by atoms with van der Waals surface area (Å²) in [6.07, 6.45) is -2.51. The molecule has 0 bridgehead atoms. The van der Waals surface area contributed by atoms with Gasteiger partial charge in [0, 0.05) is 0 Å². The lowest BCUT2D eigenvalue weighted by Crippen LogP contribution is -2.33. The second-order valence-electron chi connectivity index (χ2n) is 4.92. The van der Waals surface area contributed by atoms with Gasteiger partial charge in [0.25, 0.3) is 0 Å². The smallest absolute Gasteiger partial charge is 0.387 e. The third-order valence-electron chi connectivity index (χ3n) is 3.41. The molecule has 4 atom stereocenters. The molecule has 0 aromatic carbocycles. The van der Waals surface area contributed by atoms with Gasteiger partial charge < -0.3 is 30.5 Å². The zero-order chi connectivity index (χ0) is 16.8. The summed E-state index contributed by atoms with van der Waals surface area (Å²) in [7, 11) is -4.72. The molecule has 1 fully saturated rings. The molecule has 2 aromatic rings. The van der Waals surface area contributed by atoms with E-state index in [1.165, 1.54) is 17.2 Å². The largest absolute Gasteiger partial charge is 0.469 e. The van der Waals surface area contributed by atoms with Crippen molar-refractivity contribution in [2.75, 3.05) is 12.3 Å². The highest BCUT2D eigenvalue weighted by Gasteiger charge is 2.45. The number of imidazole rings is 1. The molecule has 3 heterocycles. The maximum Gasteiger partial charge on any atom is 0.469 e. The SMILES string of the molecule is Nc1ncnc2ncn([C@H]3O[C@H](COP(=O)(O)O)[C@@H](O)[C@H]3O)c12. The standard InChI is InChI=1S/C10H14N5O7P/c11-8-5-9(13-2-12-8)14-3-15(5)10-7(17)6(16)4(22-10)1-21-23(18,19)20/h2-4,6-7,10,16-17H,1H2,(H2,11,12,13)(H2,18,19,20)/t4-,6-,7-,10+/m1/s1. The van der Waals surface area contributed by atoms with Crippen LogP contribution in [0.2, 0.25) is 0 Å². The minimum Gasteiger partial charge on any atom is -0.387 e. The number of nitrogens with two attached hydrogens (primary N) is 1. The monoisotopic (exact) mass is 347 g/mol. The molecule has 0 unspecified atom stereocenters. The summed E-state index contributed by atoms with van der Waals surface area (Å²) in [5, 5.41) is 20.1. The lowest BCUT2D eigenvalue weighted by molar-refractivity contribution is -0.0501. The van der Waals surface area contributed by atoms with Crippen molar-refractivity contribution in [1.82, 2.24) is 19.5 Å². The molecule has 2 aromatic heterocycles. The van der Waals surface area contributed by atoms with Crippen molar-refractivity contribution in [2.24, 2.45) is 0 Å². The van der Waals surface area contributed by atoms with Crippen molar-refractivity contribution in [2.45, 2.75) is 24.5 Å². The number of nitrogen functional groups attached to an aromatic ring is 1.